The summed E-state index contributed by atoms with van der Waals surface area (Å²) in [6, 6.07) is 22.6. The molecule has 0 radical (unpaired) electrons. The SMILES string of the molecule is CCCCCc1ccc(C#Cc2ccc(-c3ccc(C#N)c(F)c3)cc2)cc1. The molecule has 1 nitrogen and oxygen atoms in total. The number of hydrogen-bond donors (Lipinski definition) is 0. The maximum atomic E-state index is 13.8. The highest BCUT2D eigenvalue weighted by molar-refractivity contribution is 5.65. The van der Waals surface area contributed by atoms with Crippen LogP contribution in [0.5, 0.6) is 0 Å². The minimum atomic E-state index is -0.498. The molecular weight excluding hydrogens is 345 g/mol. The van der Waals surface area contributed by atoms with E-state index in [1.54, 1.807) is 6.07 Å². The zero-order valence-corrected chi connectivity index (χ0v) is 16.0. The van der Waals surface area contributed by atoms with Crippen molar-refractivity contribution < 1.29 is 4.39 Å². The molecule has 2 heteroatoms. The zero-order chi connectivity index (χ0) is 19.8. The first kappa shape index (κ1) is 19.4. The van der Waals surface area contributed by atoms with E-state index in [4.69, 9.17) is 5.26 Å². The monoisotopic (exact) mass is 367 g/mol. The van der Waals surface area contributed by atoms with Crippen LogP contribution in [-0.2, 0) is 6.42 Å². The lowest BCUT2D eigenvalue weighted by Crippen LogP contribution is -1.86. The molecule has 28 heavy (non-hydrogen) atoms. The zero-order valence-electron chi connectivity index (χ0n) is 16.0. The molecule has 3 aromatic rings. The number of benzene rings is 3. The number of nitrogens with zero attached hydrogens (tertiary/aromatic N) is 1. The van der Waals surface area contributed by atoms with Crippen LogP contribution < -0.4 is 0 Å². The van der Waals surface area contributed by atoms with Crippen molar-refractivity contribution in [2.75, 3.05) is 0 Å². The van der Waals surface area contributed by atoms with Crippen LogP contribution in [0.1, 0.15) is 48.4 Å². The fourth-order valence-electron chi connectivity index (χ4n) is 3.01. The van der Waals surface area contributed by atoms with Crippen molar-refractivity contribution in [1.29, 1.82) is 5.26 Å². The van der Waals surface area contributed by atoms with Gasteiger partial charge in [-0.25, -0.2) is 4.39 Å². The van der Waals surface area contributed by atoms with E-state index in [0.29, 0.717) is 0 Å². The van der Waals surface area contributed by atoms with E-state index in [-0.39, 0.29) is 5.56 Å². The Kier molecular flexibility index (Phi) is 6.61. The van der Waals surface area contributed by atoms with Gasteiger partial charge in [0.15, 0.2) is 0 Å². The summed E-state index contributed by atoms with van der Waals surface area (Å²) < 4.78 is 13.8. The molecule has 138 valence electrons. The summed E-state index contributed by atoms with van der Waals surface area (Å²) in [5.74, 6) is 5.87. The molecule has 0 N–H and O–H groups in total. The van der Waals surface area contributed by atoms with Crippen LogP contribution in [-0.4, -0.2) is 0 Å². The normalized spacial score (nSPS) is 10.0. The van der Waals surface area contributed by atoms with Crippen LogP contribution >= 0.6 is 0 Å². The number of rotatable bonds is 5. The van der Waals surface area contributed by atoms with Gasteiger partial charge in [-0.1, -0.05) is 61.9 Å². The lowest BCUT2D eigenvalue weighted by atomic mass is 10.0. The van der Waals surface area contributed by atoms with E-state index < -0.39 is 5.82 Å². The molecule has 0 aliphatic rings. The van der Waals surface area contributed by atoms with Gasteiger partial charge in [-0.05, 0) is 65.9 Å². The molecule has 0 atom stereocenters. The molecule has 0 amide bonds. The molecule has 0 unspecified atom stereocenters. The fraction of sp³-hybridized carbons (Fsp3) is 0.192. The summed E-state index contributed by atoms with van der Waals surface area (Å²) in [6.07, 6.45) is 4.87. The number of halogens is 1. The maximum Gasteiger partial charge on any atom is 0.141 e. The van der Waals surface area contributed by atoms with Crippen molar-refractivity contribution >= 4 is 0 Å². The Morgan fingerprint density at radius 2 is 1.39 bits per heavy atom. The summed E-state index contributed by atoms with van der Waals surface area (Å²) in [6.45, 7) is 2.22. The Labute approximate surface area is 166 Å². The Balaban J connectivity index is 1.68. The third kappa shape index (κ3) is 5.09. The third-order valence-corrected chi connectivity index (χ3v) is 4.68. The lowest BCUT2D eigenvalue weighted by Gasteiger charge is -2.03. The quantitative estimate of drug-likeness (QED) is 0.373. The largest absolute Gasteiger partial charge is 0.206 e. The van der Waals surface area contributed by atoms with E-state index in [9.17, 15) is 4.39 Å². The van der Waals surface area contributed by atoms with E-state index in [0.717, 1.165) is 28.7 Å². The summed E-state index contributed by atoms with van der Waals surface area (Å²) in [4.78, 5) is 0. The van der Waals surface area contributed by atoms with Crippen LogP contribution in [0.2, 0.25) is 0 Å². The smallest absolute Gasteiger partial charge is 0.141 e. The molecule has 0 heterocycles. The Bertz CT molecular complexity index is 1030. The molecule has 0 aromatic heterocycles. The molecule has 0 aliphatic carbocycles. The van der Waals surface area contributed by atoms with Crippen molar-refractivity contribution in [1.82, 2.24) is 0 Å². The molecular formula is C26H22FN. The van der Waals surface area contributed by atoms with Gasteiger partial charge in [0.1, 0.15) is 11.9 Å². The Morgan fingerprint density at radius 3 is 1.96 bits per heavy atom. The van der Waals surface area contributed by atoms with Gasteiger partial charge in [0, 0.05) is 11.1 Å². The molecule has 3 rings (SSSR count). The number of hydrogen-bond acceptors (Lipinski definition) is 1. The van der Waals surface area contributed by atoms with Crippen LogP contribution in [0, 0.1) is 29.0 Å². The summed E-state index contributed by atoms with van der Waals surface area (Å²) in [5, 5.41) is 8.83. The van der Waals surface area contributed by atoms with E-state index in [1.165, 1.54) is 37.0 Å². The second-order valence-electron chi connectivity index (χ2n) is 6.79. The summed E-state index contributed by atoms with van der Waals surface area (Å²) >= 11 is 0. The van der Waals surface area contributed by atoms with Gasteiger partial charge in [-0.2, -0.15) is 5.26 Å². The highest BCUT2D eigenvalue weighted by Crippen LogP contribution is 2.22. The third-order valence-electron chi connectivity index (χ3n) is 4.68. The van der Waals surface area contributed by atoms with Crippen LogP contribution in [0.15, 0.2) is 66.7 Å². The predicted octanol–water partition coefficient (Wildman–Crippen LogP) is 6.50. The first-order valence-electron chi connectivity index (χ1n) is 9.60. The standard InChI is InChI=1S/C26H22FN/c1-2-3-4-5-20-6-8-21(9-7-20)10-11-22-12-14-23(15-13-22)24-16-17-25(19-28)26(27)18-24/h6-9,12-18H,2-5H2,1H3. The van der Waals surface area contributed by atoms with Crippen LogP contribution in [0.3, 0.4) is 0 Å². The molecule has 0 saturated heterocycles. The van der Waals surface area contributed by atoms with Crippen molar-refractivity contribution in [3.63, 3.8) is 0 Å². The number of aryl methyl sites for hydroxylation is 1. The average Bonchev–Trinajstić information content (AvgIpc) is 2.74. The Morgan fingerprint density at radius 1 is 0.786 bits per heavy atom. The summed E-state index contributed by atoms with van der Waals surface area (Å²) in [7, 11) is 0. The van der Waals surface area contributed by atoms with Crippen LogP contribution in [0.25, 0.3) is 11.1 Å². The van der Waals surface area contributed by atoms with Crippen molar-refractivity contribution in [3.8, 4) is 29.0 Å². The number of unbranched alkanes of at least 4 members (excludes halogenated alkanes) is 2. The van der Waals surface area contributed by atoms with Gasteiger partial charge in [-0.3, -0.25) is 0 Å². The van der Waals surface area contributed by atoms with Gasteiger partial charge in [0.05, 0.1) is 5.56 Å². The molecule has 0 spiro atoms. The van der Waals surface area contributed by atoms with Gasteiger partial charge in [-0.15, -0.1) is 0 Å². The lowest BCUT2D eigenvalue weighted by molar-refractivity contribution is 0.624. The molecule has 0 fully saturated rings. The van der Waals surface area contributed by atoms with Gasteiger partial charge in [0.25, 0.3) is 0 Å². The first-order valence-corrected chi connectivity index (χ1v) is 9.60. The second kappa shape index (κ2) is 9.54. The predicted molar refractivity (Wildman–Crippen MR) is 112 cm³/mol. The molecule has 3 aromatic carbocycles. The molecule has 0 saturated carbocycles. The van der Waals surface area contributed by atoms with E-state index in [2.05, 4.69) is 43.0 Å². The van der Waals surface area contributed by atoms with Gasteiger partial charge < -0.3 is 0 Å². The first-order chi connectivity index (χ1) is 13.7. The molecule has 0 aliphatic heterocycles. The highest BCUT2D eigenvalue weighted by atomic mass is 19.1. The topological polar surface area (TPSA) is 23.8 Å². The molecule has 0 bridgehead atoms. The van der Waals surface area contributed by atoms with Gasteiger partial charge >= 0.3 is 0 Å². The van der Waals surface area contributed by atoms with Crippen LogP contribution in [0.4, 0.5) is 4.39 Å². The summed E-state index contributed by atoms with van der Waals surface area (Å²) in [5.41, 5.74) is 4.96. The average molecular weight is 367 g/mol. The highest BCUT2D eigenvalue weighted by Gasteiger charge is 2.04. The maximum absolute atomic E-state index is 13.8. The van der Waals surface area contributed by atoms with Crippen molar-refractivity contribution in [3.05, 3.63) is 94.8 Å². The minimum Gasteiger partial charge on any atom is -0.206 e. The van der Waals surface area contributed by atoms with Gasteiger partial charge in [0.2, 0.25) is 0 Å². The number of nitriles is 1. The van der Waals surface area contributed by atoms with Crippen molar-refractivity contribution in [2.45, 2.75) is 32.6 Å². The minimum absolute atomic E-state index is 0.0580. The fourth-order valence-corrected chi connectivity index (χ4v) is 3.01. The van der Waals surface area contributed by atoms with Crippen molar-refractivity contribution in [2.24, 2.45) is 0 Å². The second-order valence-corrected chi connectivity index (χ2v) is 6.79. The van der Waals surface area contributed by atoms with E-state index in [1.807, 2.05) is 30.3 Å². The Hall–Kier alpha value is -3.36. The van der Waals surface area contributed by atoms with E-state index >= 15 is 0 Å².